The maximum absolute atomic E-state index is 12.2. The van der Waals surface area contributed by atoms with Crippen molar-refractivity contribution in [1.29, 1.82) is 0 Å². The van der Waals surface area contributed by atoms with Gasteiger partial charge in [-0.1, -0.05) is 19.1 Å². The molecule has 3 rings (SSSR count). The SMILES string of the molecule is Cc1cnc(CC(C)CC(=O)Oc2cccc(-c3ncc(C)s3)c2)s1. The summed E-state index contributed by atoms with van der Waals surface area (Å²) in [4.78, 5) is 23.3. The number of nitrogens with zero attached hydrogens (tertiary/aromatic N) is 2. The number of hydrogen-bond acceptors (Lipinski definition) is 6. The first-order valence-corrected chi connectivity index (χ1v) is 9.78. The number of ether oxygens (including phenoxy) is 1. The molecule has 2 heterocycles. The van der Waals surface area contributed by atoms with Crippen LogP contribution in [0.4, 0.5) is 0 Å². The number of rotatable bonds is 6. The lowest BCUT2D eigenvalue weighted by Crippen LogP contribution is -2.13. The number of thiazole rings is 2. The van der Waals surface area contributed by atoms with Gasteiger partial charge in [0.25, 0.3) is 0 Å². The van der Waals surface area contributed by atoms with Crippen molar-refractivity contribution in [3.63, 3.8) is 0 Å². The molecule has 1 atom stereocenters. The maximum atomic E-state index is 12.2. The van der Waals surface area contributed by atoms with E-state index in [1.807, 2.05) is 51.4 Å². The summed E-state index contributed by atoms with van der Waals surface area (Å²) in [5, 5.41) is 2.00. The monoisotopic (exact) mass is 372 g/mol. The fraction of sp³-hybridized carbons (Fsp3) is 0.316. The third-order valence-corrected chi connectivity index (χ3v) is 5.54. The van der Waals surface area contributed by atoms with Crippen LogP contribution >= 0.6 is 22.7 Å². The molecular weight excluding hydrogens is 352 g/mol. The van der Waals surface area contributed by atoms with Gasteiger partial charge in [-0.2, -0.15) is 0 Å². The molecule has 1 unspecified atom stereocenters. The van der Waals surface area contributed by atoms with Crippen molar-refractivity contribution >= 4 is 28.6 Å². The molecule has 0 N–H and O–H groups in total. The molecule has 0 radical (unpaired) electrons. The van der Waals surface area contributed by atoms with Gasteiger partial charge in [-0.05, 0) is 31.9 Å². The van der Waals surface area contributed by atoms with Gasteiger partial charge in [0.2, 0.25) is 0 Å². The molecule has 0 fully saturated rings. The first-order chi connectivity index (χ1) is 12.0. The van der Waals surface area contributed by atoms with Crippen molar-refractivity contribution in [3.8, 4) is 16.3 Å². The molecular formula is C19H20N2O2S2. The molecule has 0 saturated heterocycles. The van der Waals surface area contributed by atoms with Crippen LogP contribution in [0.25, 0.3) is 10.6 Å². The Bertz CT molecular complexity index is 870. The summed E-state index contributed by atoms with van der Waals surface area (Å²) >= 11 is 3.30. The normalized spacial score (nSPS) is 12.1. The highest BCUT2D eigenvalue weighted by molar-refractivity contribution is 7.14. The van der Waals surface area contributed by atoms with E-state index in [0.717, 1.165) is 26.9 Å². The third kappa shape index (κ3) is 4.96. The molecule has 0 spiro atoms. The lowest BCUT2D eigenvalue weighted by Gasteiger charge is -2.10. The molecule has 0 aliphatic heterocycles. The summed E-state index contributed by atoms with van der Waals surface area (Å²) in [6, 6.07) is 7.53. The predicted molar refractivity (Wildman–Crippen MR) is 102 cm³/mol. The summed E-state index contributed by atoms with van der Waals surface area (Å²) in [7, 11) is 0. The van der Waals surface area contributed by atoms with E-state index in [-0.39, 0.29) is 11.9 Å². The Balaban J connectivity index is 1.59. The van der Waals surface area contributed by atoms with E-state index in [4.69, 9.17) is 4.74 Å². The van der Waals surface area contributed by atoms with Crippen molar-refractivity contribution < 1.29 is 9.53 Å². The van der Waals surface area contributed by atoms with Gasteiger partial charge in [-0.15, -0.1) is 22.7 Å². The number of aromatic nitrogens is 2. The number of esters is 1. The van der Waals surface area contributed by atoms with Crippen molar-refractivity contribution in [2.24, 2.45) is 5.92 Å². The Kier molecular flexibility index (Phi) is 5.60. The molecule has 0 aliphatic rings. The molecule has 1 aromatic carbocycles. The van der Waals surface area contributed by atoms with Crippen LogP contribution in [0.1, 0.15) is 28.1 Å². The Morgan fingerprint density at radius 2 is 1.92 bits per heavy atom. The zero-order chi connectivity index (χ0) is 17.8. The Morgan fingerprint density at radius 1 is 1.16 bits per heavy atom. The highest BCUT2D eigenvalue weighted by atomic mass is 32.1. The van der Waals surface area contributed by atoms with E-state index < -0.39 is 0 Å². The fourth-order valence-electron chi connectivity index (χ4n) is 2.50. The van der Waals surface area contributed by atoms with Crippen molar-refractivity contribution in [2.45, 2.75) is 33.6 Å². The van der Waals surface area contributed by atoms with E-state index in [0.29, 0.717) is 12.2 Å². The number of aryl methyl sites for hydroxylation is 2. The van der Waals surface area contributed by atoms with Crippen LogP contribution in [0.5, 0.6) is 5.75 Å². The number of carbonyl (C=O) groups excluding carboxylic acids is 1. The zero-order valence-electron chi connectivity index (χ0n) is 14.5. The highest BCUT2D eigenvalue weighted by Gasteiger charge is 2.14. The van der Waals surface area contributed by atoms with E-state index in [9.17, 15) is 4.79 Å². The molecule has 0 amide bonds. The summed E-state index contributed by atoms with van der Waals surface area (Å²) in [6.07, 6.45) is 4.89. The summed E-state index contributed by atoms with van der Waals surface area (Å²) in [6.45, 7) is 6.11. The first kappa shape index (κ1) is 17.8. The molecule has 0 saturated carbocycles. The van der Waals surface area contributed by atoms with Crippen LogP contribution < -0.4 is 4.74 Å². The molecule has 2 aromatic heterocycles. The van der Waals surface area contributed by atoms with Gasteiger partial charge in [-0.25, -0.2) is 9.97 Å². The molecule has 3 aromatic rings. The summed E-state index contributed by atoms with van der Waals surface area (Å²) in [5.74, 6) is 0.545. The number of carbonyl (C=O) groups is 1. The van der Waals surface area contributed by atoms with Gasteiger partial charge in [0.05, 0.1) is 5.01 Å². The van der Waals surface area contributed by atoms with Crippen LogP contribution in [-0.2, 0) is 11.2 Å². The Labute approximate surface area is 155 Å². The van der Waals surface area contributed by atoms with E-state index in [1.54, 1.807) is 28.7 Å². The average molecular weight is 373 g/mol. The van der Waals surface area contributed by atoms with Gasteiger partial charge in [0, 0.05) is 40.6 Å². The largest absolute Gasteiger partial charge is 0.426 e. The third-order valence-electron chi connectivity index (χ3n) is 3.64. The Morgan fingerprint density at radius 3 is 2.60 bits per heavy atom. The van der Waals surface area contributed by atoms with Crippen molar-refractivity contribution in [2.75, 3.05) is 0 Å². The molecule has 0 aliphatic carbocycles. The molecule has 25 heavy (non-hydrogen) atoms. The van der Waals surface area contributed by atoms with Crippen LogP contribution in [0, 0.1) is 19.8 Å². The minimum Gasteiger partial charge on any atom is -0.426 e. The average Bonchev–Trinajstić information content (AvgIpc) is 3.16. The second-order valence-corrected chi connectivity index (χ2v) is 8.71. The lowest BCUT2D eigenvalue weighted by molar-refractivity contribution is -0.135. The standard InChI is InChI=1S/C19H20N2O2S2/c1-12(7-17-20-10-13(2)24-17)8-18(22)23-16-6-4-5-15(9-16)19-21-11-14(3)25-19/h4-6,9-12H,7-8H2,1-3H3. The van der Waals surface area contributed by atoms with Crippen molar-refractivity contribution in [1.82, 2.24) is 9.97 Å². The van der Waals surface area contributed by atoms with Gasteiger partial charge < -0.3 is 4.74 Å². The maximum Gasteiger partial charge on any atom is 0.311 e. The zero-order valence-corrected chi connectivity index (χ0v) is 16.1. The van der Waals surface area contributed by atoms with E-state index >= 15 is 0 Å². The smallest absolute Gasteiger partial charge is 0.311 e. The van der Waals surface area contributed by atoms with E-state index in [2.05, 4.69) is 9.97 Å². The summed E-state index contributed by atoms with van der Waals surface area (Å²) in [5.41, 5.74) is 0.967. The molecule has 6 heteroatoms. The topological polar surface area (TPSA) is 52.1 Å². The fourth-order valence-corrected chi connectivity index (χ4v) is 4.22. The second-order valence-electron chi connectivity index (χ2n) is 6.16. The van der Waals surface area contributed by atoms with E-state index in [1.165, 1.54) is 4.88 Å². The Hall–Kier alpha value is -2.05. The van der Waals surface area contributed by atoms with Gasteiger partial charge >= 0.3 is 5.97 Å². The van der Waals surface area contributed by atoms with Crippen LogP contribution in [-0.4, -0.2) is 15.9 Å². The van der Waals surface area contributed by atoms with Gasteiger partial charge in [0.15, 0.2) is 0 Å². The van der Waals surface area contributed by atoms with Crippen LogP contribution in [0.15, 0.2) is 36.7 Å². The quantitative estimate of drug-likeness (QED) is 0.448. The van der Waals surface area contributed by atoms with Crippen molar-refractivity contribution in [3.05, 3.63) is 51.4 Å². The van der Waals surface area contributed by atoms with Crippen LogP contribution in [0.3, 0.4) is 0 Å². The minimum atomic E-state index is -0.215. The van der Waals surface area contributed by atoms with Crippen LogP contribution in [0.2, 0.25) is 0 Å². The highest BCUT2D eigenvalue weighted by Crippen LogP contribution is 2.28. The number of benzene rings is 1. The lowest BCUT2D eigenvalue weighted by atomic mass is 10.0. The van der Waals surface area contributed by atoms with Gasteiger partial charge in [0.1, 0.15) is 10.8 Å². The minimum absolute atomic E-state index is 0.197. The summed E-state index contributed by atoms with van der Waals surface area (Å²) < 4.78 is 5.52. The molecule has 4 nitrogen and oxygen atoms in total. The molecule has 0 bridgehead atoms. The molecule has 130 valence electrons. The van der Waals surface area contributed by atoms with Gasteiger partial charge in [-0.3, -0.25) is 4.79 Å². The first-order valence-electron chi connectivity index (χ1n) is 8.14. The predicted octanol–water partition coefficient (Wildman–Crippen LogP) is 5.06. The number of hydrogen-bond donors (Lipinski definition) is 0. The second kappa shape index (κ2) is 7.89.